The van der Waals surface area contributed by atoms with Crippen LogP contribution in [0.25, 0.3) is 0 Å². The van der Waals surface area contributed by atoms with E-state index in [0.717, 1.165) is 17.3 Å². The van der Waals surface area contributed by atoms with Crippen LogP contribution in [-0.4, -0.2) is 31.2 Å². The first kappa shape index (κ1) is 14.8. The Bertz CT molecular complexity index is 546. The van der Waals surface area contributed by atoms with Gasteiger partial charge >= 0.3 is 0 Å². The lowest BCUT2D eigenvalue weighted by Crippen LogP contribution is -2.35. The molecule has 0 atom stereocenters. The zero-order valence-electron chi connectivity index (χ0n) is 9.44. The van der Waals surface area contributed by atoms with Crippen LogP contribution in [0.3, 0.4) is 0 Å². The van der Waals surface area contributed by atoms with Crippen molar-refractivity contribution in [1.29, 1.82) is 0 Å². The van der Waals surface area contributed by atoms with Crippen LogP contribution < -0.4 is 0 Å². The Kier molecular flexibility index (Phi) is 4.75. The van der Waals surface area contributed by atoms with Gasteiger partial charge in [-0.2, -0.15) is 4.31 Å². The summed E-state index contributed by atoms with van der Waals surface area (Å²) in [5.41, 5.74) is 0. The Balaban J connectivity index is 2.42. The summed E-state index contributed by atoms with van der Waals surface area (Å²) in [5.74, 6) is 0.307. The van der Waals surface area contributed by atoms with Gasteiger partial charge in [0.2, 0.25) is 10.0 Å². The molecule has 100 valence electrons. The number of hydrogen-bond acceptors (Lipinski definition) is 2. The molecule has 3 nitrogen and oxygen atoms in total. The van der Waals surface area contributed by atoms with E-state index in [1.165, 1.54) is 4.31 Å². The van der Waals surface area contributed by atoms with Crippen molar-refractivity contribution in [2.75, 3.05) is 12.4 Å². The fourth-order valence-corrected chi connectivity index (χ4v) is 5.18. The summed E-state index contributed by atoms with van der Waals surface area (Å²) in [6.07, 6.45) is 1.84. The van der Waals surface area contributed by atoms with E-state index in [1.54, 1.807) is 18.2 Å². The molecule has 18 heavy (non-hydrogen) atoms. The highest BCUT2D eigenvalue weighted by Gasteiger charge is 2.38. The summed E-state index contributed by atoms with van der Waals surface area (Å²) >= 11 is 12.3. The zero-order valence-corrected chi connectivity index (χ0v) is 14.2. The molecule has 1 aromatic rings. The summed E-state index contributed by atoms with van der Waals surface area (Å²) in [5, 5.41) is 0. The molecule has 0 unspecified atom stereocenters. The Morgan fingerprint density at radius 1 is 1.33 bits per heavy atom. The SMILES string of the molecule is O=S(=O)(c1cc(Br)ccc1Br)N(CCCl)C1CC1. The minimum Gasteiger partial charge on any atom is -0.207 e. The van der Waals surface area contributed by atoms with Crippen LogP contribution in [0.15, 0.2) is 32.0 Å². The number of alkyl halides is 1. The fourth-order valence-electron chi connectivity index (χ4n) is 1.75. The molecular formula is C11H12Br2ClNO2S. The predicted molar refractivity (Wildman–Crippen MR) is 79.5 cm³/mol. The molecule has 0 saturated heterocycles. The topological polar surface area (TPSA) is 37.4 Å². The van der Waals surface area contributed by atoms with Gasteiger partial charge in [-0.25, -0.2) is 8.42 Å². The lowest BCUT2D eigenvalue weighted by molar-refractivity contribution is 0.422. The Morgan fingerprint density at radius 2 is 2.00 bits per heavy atom. The van der Waals surface area contributed by atoms with Gasteiger partial charge in [-0.3, -0.25) is 0 Å². The van der Waals surface area contributed by atoms with Crippen LogP contribution >= 0.6 is 43.5 Å². The molecule has 1 saturated carbocycles. The van der Waals surface area contributed by atoms with Crippen molar-refractivity contribution in [2.24, 2.45) is 0 Å². The third-order valence-corrected chi connectivity index (χ3v) is 6.35. The number of sulfonamides is 1. The lowest BCUT2D eigenvalue weighted by atomic mass is 10.4. The van der Waals surface area contributed by atoms with Gasteiger partial charge in [0.15, 0.2) is 0 Å². The van der Waals surface area contributed by atoms with Gasteiger partial charge in [0.25, 0.3) is 0 Å². The number of benzene rings is 1. The van der Waals surface area contributed by atoms with Crippen LogP contribution in [0.1, 0.15) is 12.8 Å². The van der Waals surface area contributed by atoms with E-state index in [2.05, 4.69) is 31.9 Å². The maximum absolute atomic E-state index is 12.6. The molecule has 1 aliphatic carbocycles. The smallest absolute Gasteiger partial charge is 0.207 e. The van der Waals surface area contributed by atoms with Crippen molar-refractivity contribution in [3.05, 3.63) is 27.1 Å². The first-order valence-electron chi connectivity index (χ1n) is 5.49. The highest BCUT2D eigenvalue weighted by Crippen LogP contribution is 2.35. The zero-order chi connectivity index (χ0) is 13.3. The maximum atomic E-state index is 12.6. The third kappa shape index (κ3) is 3.10. The first-order valence-corrected chi connectivity index (χ1v) is 9.05. The molecule has 0 aromatic heterocycles. The van der Waals surface area contributed by atoms with E-state index < -0.39 is 10.0 Å². The van der Waals surface area contributed by atoms with Crippen LogP contribution in [0, 0.1) is 0 Å². The van der Waals surface area contributed by atoms with Gasteiger partial charge < -0.3 is 0 Å². The maximum Gasteiger partial charge on any atom is 0.244 e. The van der Waals surface area contributed by atoms with Crippen molar-refractivity contribution in [3.8, 4) is 0 Å². The second-order valence-corrected chi connectivity index (χ2v) is 8.12. The van der Waals surface area contributed by atoms with Crippen LogP contribution in [0.4, 0.5) is 0 Å². The van der Waals surface area contributed by atoms with E-state index >= 15 is 0 Å². The predicted octanol–water partition coefficient (Wildman–Crippen LogP) is 3.60. The molecule has 1 aliphatic rings. The van der Waals surface area contributed by atoms with Gasteiger partial charge in [0, 0.05) is 27.4 Å². The average molecular weight is 418 g/mol. The van der Waals surface area contributed by atoms with E-state index in [9.17, 15) is 8.42 Å². The molecule has 0 N–H and O–H groups in total. The minimum atomic E-state index is -3.48. The molecule has 7 heteroatoms. The van der Waals surface area contributed by atoms with Crippen LogP contribution in [0.2, 0.25) is 0 Å². The number of rotatable bonds is 5. The monoisotopic (exact) mass is 415 g/mol. The Hall–Kier alpha value is 0.380. The van der Waals surface area contributed by atoms with Crippen molar-refractivity contribution in [1.82, 2.24) is 4.31 Å². The second-order valence-electron chi connectivity index (χ2n) is 4.11. The second kappa shape index (κ2) is 5.79. The largest absolute Gasteiger partial charge is 0.244 e. The van der Waals surface area contributed by atoms with Crippen LogP contribution in [0.5, 0.6) is 0 Å². The third-order valence-electron chi connectivity index (χ3n) is 2.74. The van der Waals surface area contributed by atoms with E-state index in [1.807, 2.05) is 0 Å². The highest BCUT2D eigenvalue weighted by atomic mass is 79.9. The molecule has 1 fully saturated rings. The van der Waals surface area contributed by atoms with Gasteiger partial charge in [-0.1, -0.05) is 15.9 Å². The fraction of sp³-hybridized carbons (Fsp3) is 0.455. The molecule has 2 rings (SSSR count). The number of halogens is 3. The number of hydrogen-bond donors (Lipinski definition) is 0. The van der Waals surface area contributed by atoms with Crippen molar-refractivity contribution in [3.63, 3.8) is 0 Å². The Morgan fingerprint density at radius 3 is 2.56 bits per heavy atom. The van der Waals surface area contributed by atoms with Gasteiger partial charge in [-0.15, -0.1) is 11.6 Å². The molecule has 0 radical (unpaired) electrons. The quantitative estimate of drug-likeness (QED) is 0.687. The molecule has 0 amide bonds. The summed E-state index contributed by atoms with van der Waals surface area (Å²) in [7, 11) is -3.48. The summed E-state index contributed by atoms with van der Waals surface area (Å²) in [4.78, 5) is 0.286. The van der Waals surface area contributed by atoms with Gasteiger partial charge in [-0.05, 0) is 47.0 Å². The van der Waals surface area contributed by atoms with E-state index in [-0.39, 0.29) is 10.9 Å². The van der Waals surface area contributed by atoms with E-state index in [4.69, 9.17) is 11.6 Å². The standard InChI is InChI=1S/C11H12Br2ClNO2S/c12-8-1-4-10(13)11(7-8)18(16,17)15(6-5-14)9-2-3-9/h1,4,7,9H,2-3,5-6H2. The van der Waals surface area contributed by atoms with Gasteiger partial charge in [0.1, 0.15) is 0 Å². The van der Waals surface area contributed by atoms with Crippen LogP contribution in [-0.2, 0) is 10.0 Å². The Labute approximate surface area is 129 Å². The minimum absolute atomic E-state index is 0.111. The first-order chi connectivity index (χ1) is 8.46. The summed E-state index contributed by atoms with van der Waals surface area (Å²) < 4.78 is 28.0. The van der Waals surface area contributed by atoms with Crippen molar-refractivity contribution in [2.45, 2.75) is 23.8 Å². The van der Waals surface area contributed by atoms with Crippen molar-refractivity contribution >= 4 is 53.5 Å². The average Bonchev–Trinajstić information content (AvgIpc) is 3.13. The molecule has 0 bridgehead atoms. The summed E-state index contributed by atoms with van der Waals surface area (Å²) in [6, 6.07) is 5.25. The highest BCUT2D eigenvalue weighted by molar-refractivity contribution is 9.11. The molecule has 0 aliphatic heterocycles. The molecule has 0 spiro atoms. The summed E-state index contributed by atoms with van der Waals surface area (Å²) in [6.45, 7) is 0.355. The normalized spacial score (nSPS) is 16.2. The molecule has 1 aromatic carbocycles. The molecule has 0 heterocycles. The number of nitrogens with zero attached hydrogens (tertiary/aromatic N) is 1. The van der Waals surface area contributed by atoms with Gasteiger partial charge in [0.05, 0.1) is 4.90 Å². The van der Waals surface area contributed by atoms with E-state index in [0.29, 0.717) is 16.9 Å². The molecular weight excluding hydrogens is 405 g/mol. The van der Waals surface area contributed by atoms with Crippen molar-refractivity contribution < 1.29 is 8.42 Å². The lowest BCUT2D eigenvalue weighted by Gasteiger charge is -2.21.